The first-order valence-corrected chi connectivity index (χ1v) is 12.7. The number of benzene rings is 2. The Hall–Kier alpha value is -3.43. The molecule has 1 amide bonds. The molecule has 0 aliphatic heterocycles. The van der Waals surface area contributed by atoms with Crippen molar-refractivity contribution in [1.29, 1.82) is 0 Å². The minimum absolute atomic E-state index is 0.0643. The molecule has 1 aromatic heterocycles. The van der Waals surface area contributed by atoms with Crippen LogP contribution in [0.5, 0.6) is 5.75 Å². The van der Waals surface area contributed by atoms with Gasteiger partial charge in [-0.3, -0.25) is 19.1 Å². The van der Waals surface area contributed by atoms with Crippen LogP contribution in [0, 0.1) is 11.2 Å². The van der Waals surface area contributed by atoms with Crippen molar-refractivity contribution in [3.8, 4) is 11.4 Å². The van der Waals surface area contributed by atoms with Crippen LogP contribution in [-0.2, 0) is 23.2 Å². The summed E-state index contributed by atoms with van der Waals surface area (Å²) in [6, 6.07) is 11.5. The van der Waals surface area contributed by atoms with Gasteiger partial charge in [0.2, 0.25) is 5.91 Å². The van der Waals surface area contributed by atoms with Gasteiger partial charge in [-0.25, -0.2) is 9.07 Å². The van der Waals surface area contributed by atoms with Gasteiger partial charge in [-0.2, -0.15) is 0 Å². The molecule has 0 unspecified atom stereocenters. The smallest absolute Gasteiger partial charge is 0.295 e. The SMILES string of the molecule is CCOc1cc(F)c(Cl)cc1C(=O)CCC(C)(C)CC(=O)Nc1c(COC)n(C)n(-c2ccccc2)c1=O. The summed E-state index contributed by atoms with van der Waals surface area (Å²) in [7, 11) is 3.24. The fourth-order valence-corrected chi connectivity index (χ4v) is 4.41. The highest BCUT2D eigenvalue weighted by atomic mass is 35.5. The molecule has 38 heavy (non-hydrogen) atoms. The number of rotatable bonds is 12. The fraction of sp³-hybridized carbons (Fsp3) is 0.393. The second-order valence-corrected chi connectivity index (χ2v) is 10.1. The number of nitrogens with one attached hydrogen (secondary N) is 1. The van der Waals surface area contributed by atoms with Crippen LogP contribution in [0.4, 0.5) is 10.1 Å². The van der Waals surface area contributed by atoms with Crippen molar-refractivity contribution >= 4 is 29.0 Å². The molecule has 1 N–H and O–H groups in total. The Bertz CT molecular complexity index is 1370. The average Bonchev–Trinajstić information content (AvgIpc) is 3.09. The Morgan fingerprint density at radius 3 is 2.47 bits per heavy atom. The molecular formula is C28H33ClFN3O5. The van der Waals surface area contributed by atoms with E-state index in [0.29, 0.717) is 17.8 Å². The van der Waals surface area contributed by atoms with E-state index < -0.39 is 11.2 Å². The van der Waals surface area contributed by atoms with Gasteiger partial charge in [0, 0.05) is 33.1 Å². The molecule has 0 saturated carbocycles. The Balaban J connectivity index is 1.74. The van der Waals surface area contributed by atoms with E-state index in [-0.39, 0.29) is 65.3 Å². The summed E-state index contributed by atoms with van der Waals surface area (Å²) in [6.07, 6.45) is 0.534. The molecule has 204 valence electrons. The Morgan fingerprint density at radius 1 is 1.16 bits per heavy atom. The average molecular weight is 546 g/mol. The molecule has 2 aromatic carbocycles. The maximum absolute atomic E-state index is 13.9. The topological polar surface area (TPSA) is 91.6 Å². The third-order valence-corrected chi connectivity index (χ3v) is 6.51. The molecule has 3 aromatic rings. The van der Waals surface area contributed by atoms with E-state index in [4.69, 9.17) is 21.1 Å². The van der Waals surface area contributed by atoms with Gasteiger partial charge in [0.05, 0.1) is 35.2 Å². The Kier molecular flexibility index (Phi) is 9.51. The van der Waals surface area contributed by atoms with Gasteiger partial charge in [0.1, 0.15) is 17.3 Å². The zero-order chi connectivity index (χ0) is 28.0. The Labute approximate surface area is 226 Å². The number of nitrogens with zero attached hydrogens (tertiary/aromatic N) is 2. The first kappa shape index (κ1) is 29.1. The minimum Gasteiger partial charge on any atom is -0.493 e. The van der Waals surface area contributed by atoms with Gasteiger partial charge in [-0.1, -0.05) is 43.6 Å². The number of ketones is 1. The molecular weight excluding hydrogens is 513 g/mol. The standard InChI is InChI=1S/C28H33ClFN3O5/c1-6-38-24-15-21(30)20(29)14-19(24)23(34)12-13-28(2,3)16-25(35)31-26-22(17-37-5)32(4)33(27(26)36)18-10-8-7-9-11-18/h7-11,14-15H,6,12-13,16-17H2,1-5H3,(H,31,35). The number of hydrogen-bond acceptors (Lipinski definition) is 5. The molecule has 0 bridgehead atoms. The number of anilines is 1. The van der Waals surface area contributed by atoms with Crippen LogP contribution in [0.1, 0.15) is 56.1 Å². The minimum atomic E-state index is -0.663. The number of amides is 1. The van der Waals surface area contributed by atoms with Crippen molar-refractivity contribution in [3.05, 3.63) is 74.9 Å². The molecule has 8 nitrogen and oxygen atoms in total. The molecule has 0 spiro atoms. The van der Waals surface area contributed by atoms with E-state index >= 15 is 0 Å². The second-order valence-electron chi connectivity index (χ2n) is 9.74. The van der Waals surface area contributed by atoms with E-state index in [1.165, 1.54) is 17.9 Å². The summed E-state index contributed by atoms with van der Waals surface area (Å²) in [5.41, 5.74) is 0.585. The quantitative estimate of drug-likeness (QED) is 0.302. The second kappa shape index (κ2) is 12.4. The van der Waals surface area contributed by atoms with Crippen molar-refractivity contribution in [1.82, 2.24) is 9.36 Å². The van der Waals surface area contributed by atoms with E-state index in [9.17, 15) is 18.8 Å². The third-order valence-electron chi connectivity index (χ3n) is 6.22. The number of carbonyl (C=O) groups excluding carboxylic acids is 2. The summed E-state index contributed by atoms with van der Waals surface area (Å²) in [6.45, 7) is 5.86. The van der Waals surface area contributed by atoms with Crippen molar-refractivity contribution < 1.29 is 23.5 Å². The summed E-state index contributed by atoms with van der Waals surface area (Å²) < 4.78 is 27.7. The normalized spacial score (nSPS) is 11.4. The van der Waals surface area contributed by atoms with Crippen molar-refractivity contribution in [2.75, 3.05) is 19.0 Å². The number of halogens is 2. The number of hydrogen-bond donors (Lipinski definition) is 1. The molecule has 0 fully saturated rings. The zero-order valence-corrected chi connectivity index (χ0v) is 23.0. The van der Waals surface area contributed by atoms with Crippen molar-refractivity contribution in [3.63, 3.8) is 0 Å². The lowest BCUT2D eigenvalue weighted by Crippen LogP contribution is -2.26. The van der Waals surface area contributed by atoms with E-state index in [2.05, 4.69) is 5.32 Å². The van der Waals surface area contributed by atoms with Crippen LogP contribution >= 0.6 is 11.6 Å². The van der Waals surface area contributed by atoms with E-state index in [0.717, 1.165) is 6.07 Å². The summed E-state index contributed by atoms with van der Waals surface area (Å²) >= 11 is 5.89. The number of aromatic nitrogens is 2. The van der Waals surface area contributed by atoms with Crippen LogP contribution in [0.25, 0.3) is 5.69 Å². The van der Waals surface area contributed by atoms with Crippen molar-refractivity contribution in [2.45, 2.75) is 46.6 Å². The number of methoxy groups -OCH3 is 1. The van der Waals surface area contributed by atoms with Gasteiger partial charge in [0.15, 0.2) is 5.78 Å². The lowest BCUT2D eigenvalue weighted by Gasteiger charge is -2.23. The number of ether oxygens (including phenoxy) is 2. The molecule has 1 heterocycles. The zero-order valence-electron chi connectivity index (χ0n) is 22.3. The monoisotopic (exact) mass is 545 g/mol. The highest BCUT2D eigenvalue weighted by molar-refractivity contribution is 6.31. The first-order chi connectivity index (χ1) is 18.0. The molecule has 10 heteroatoms. The largest absolute Gasteiger partial charge is 0.493 e. The van der Waals surface area contributed by atoms with Crippen LogP contribution < -0.4 is 15.6 Å². The molecule has 0 aliphatic rings. The van der Waals surface area contributed by atoms with Crippen LogP contribution in [0.15, 0.2) is 47.3 Å². The van der Waals surface area contributed by atoms with Gasteiger partial charge in [-0.05, 0) is 37.0 Å². The van der Waals surface area contributed by atoms with Gasteiger partial charge < -0.3 is 14.8 Å². The van der Waals surface area contributed by atoms with Gasteiger partial charge >= 0.3 is 0 Å². The number of Topliss-reactive ketones (excluding diaryl/α,β-unsaturated/α-hetero) is 1. The van der Waals surface area contributed by atoms with Gasteiger partial charge in [-0.15, -0.1) is 0 Å². The molecule has 0 saturated heterocycles. The lowest BCUT2D eigenvalue weighted by atomic mass is 9.82. The van der Waals surface area contributed by atoms with Crippen LogP contribution in [0.2, 0.25) is 5.02 Å². The van der Waals surface area contributed by atoms with E-state index in [1.807, 2.05) is 32.0 Å². The molecule has 0 atom stereocenters. The predicted octanol–water partition coefficient (Wildman–Crippen LogP) is 5.53. The molecule has 3 rings (SSSR count). The van der Waals surface area contributed by atoms with Gasteiger partial charge in [0.25, 0.3) is 5.56 Å². The predicted molar refractivity (Wildman–Crippen MR) is 145 cm³/mol. The van der Waals surface area contributed by atoms with Crippen molar-refractivity contribution in [2.24, 2.45) is 12.5 Å². The van der Waals surface area contributed by atoms with E-state index in [1.54, 1.807) is 30.8 Å². The Morgan fingerprint density at radius 2 is 1.84 bits per heavy atom. The van der Waals surface area contributed by atoms with Crippen LogP contribution in [-0.4, -0.2) is 34.8 Å². The summed E-state index contributed by atoms with van der Waals surface area (Å²) in [4.78, 5) is 39.3. The fourth-order valence-electron chi connectivity index (χ4n) is 4.25. The first-order valence-electron chi connectivity index (χ1n) is 12.3. The highest BCUT2D eigenvalue weighted by Crippen LogP contribution is 2.32. The summed E-state index contributed by atoms with van der Waals surface area (Å²) in [5.74, 6) is -1.15. The maximum Gasteiger partial charge on any atom is 0.295 e. The molecule has 0 aliphatic carbocycles. The summed E-state index contributed by atoms with van der Waals surface area (Å²) in [5, 5.41) is 2.61. The lowest BCUT2D eigenvalue weighted by molar-refractivity contribution is -0.118. The highest BCUT2D eigenvalue weighted by Gasteiger charge is 2.27. The maximum atomic E-state index is 13.9. The number of para-hydroxylation sites is 1. The molecule has 0 radical (unpaired) electrons. The third kappa shape index (κ3) is 6.71. The number of carbonyl (C=O) groups is 2. The van der Waals surface area contributed by atoms with Crippen LogP contribution in [0.3, 0.4) is 0 Å².